The molecular formula is C11H15NO6S2. The lowest BCUT2D eigenvalue weighted by Crippen LogP contribution is -2.44. The minimum Gasteiger partial charge on any atom is -0.480 e. The SMILES string of the molecule is COC(=O)c1cc(S(=O)(=O)N[C@@H](C(=O)O)C(C)C)cs1. The van der Waals surface area contributed by atoms with Crippen molar-refractivity contribution in [2.45, 2.75) is 24.8 Å². The smallest absolute Gasteiger partial charge is 0.348 e. The second-order valence-corrected chi connectivity index (χ2v) is 6.94. The summed E-state index contributed by atoms with van der Waals surface area (Å²) in [4.78, 5) is 22.3. The minimum absolute atomic E-state index is 0.129. The number of methoxy groups -OCH3 is 1. The predicted molar refractivity (Wildman–Crippen MR) is 72.2 cm³/mol. The molecule has 9 heteroatoms. The Balaban J connectivity index is 3.02. The van der Waals surface area contributed by atoms with Gasteiger partial charge >= 0.3 is 11.9 Å². The first-order valence-electron chi connectivity index (χ1n) is 5.61. The number of esters is 1. The van der Waals surface area contributed by atoms with Gasteiger partial charge in [0.2, 0.25) is 10.0 Å². The van der Waals surface area contributed by atoms with Gasteiger partial charge in [-0.3, -0.25) is 4.79 Å². The average molecular weight is 321 g/mol. The van der Waals surface area contributed by atoms with Crippen LogP contribution in [-0.2, 0) is 19.6 Å². The highest BCUT2D eigenvalue weighted by Gasteiger charge is 2.29. The molecule has 20 heavy (non-hydrogen) atoms. The van der Waals surface area contributed by atoms with Crippen molar-refractivity contribution >= 4 is 33.3 Å². The first-order chi connectivity index (χ1) is 9.19. The highest BCUT2D eigenvalue weighted by Crippen LogP contribution is 2.20. The van der Waals surface area contributed by atoms with E-state index in [2.05, 4.69) is 9.46 Å². The van der Waals surface area contributed by atoms with Crippen molar-refractivity contribution in [3.05, 3.63) is 16.3 Å². The molecule has 0 radical (unpaired) electrons. The number of ether oxygens (including phenoxy) is 1. The van der Waals surface area contributed by atoms with Crippen LogP contribution in [0.3, 0.4) is 0 Å². The Hall–Kier alpha value is -1.45. The summed E-state index contributed by atoms with van der Waals surface area (Å²) in [5.41, 5.74) is 0. The van der Waals surface area contributed by atoms with Gasteiger partial charge in [-0.25, -0.2) is 13.2 Å². The quantitative estimate of drug-likeness (QED) is 0.754. The van der Waals surface area contributed by atoms with Crippen LogP contribution in [0, 0.1) is 5.92 Å². The minimum atomic E-state index is -4.00. The third kappa shape index (κ3) is 3.78. The van der Waals surface area contributed by atoms with Gasteiger partial charge in [0, 0.05) is 5.38 Å². The summed E-state index contributed by atoms with van der Waals surface area (Å²) in [6, 6.07) is -0.0839. The van der Waals surface area contributed by atoms with Crippen LogP contribution < -0.4 is 4.72 Å². The largest absolute Gasteiger partial charge is 0.480 e. The molecule has 0 aromatic carbocycles. The summed E-state index contributed by atoms with van der Waals surface area (Å²) < 4.78 is 30.7. The molecule has 0 aliphatic heterocycles. The lowest BCUT2D eigenvalue weighted by Gasteiger charge is -2.17. The number of carbonyl (C=O) groups excluding carboxylic acids is 1. The van der Waals surface area contributed by atoms with E-state index in [0.717, 1.165) is 17.4 Å². The zero-order chi connectivity index (χ0) is 15.5. The number of hydrogen-bond acceptors (Lipinski definition) is 6. The molecular weight excluding hydrogens is 306 g/mol. The van der Waals surface area contributed by atoms with Crippen LogP contribution in [0.2, 0.25) is 0 Å². The highest BCUT2D eigenvalue weighted by atomic mass is 32.2. The van der Waals surface area contributed by atoms with E-state index >= 15 is 0 Å². The Morgan fingerprint density at radius 1 is 1.40 bits per heavy atom. The van der Waals surface area contributed by atoms with Crippen LogP contribution in [-0.4, -0.2) is 38.6 Å². The second kappa shape index (κ2) is 6.33. The third-order valence-corrected chi connectivity index (χ3v) is 4.97. The molecule has 0 saturated carbocycles. The second-order valence-electron chi connectivity index (χ2n) is 4.32. The van der Waals surface area contributed by atoms with Crippen LogP contribution in [0.15, 0.2) is 16.3 Å². The molecule has 0 spiro atoms. The molecule has 112 valence electrons. The Bertz CT molecular complexity index is 604. The fraction of sp³-hybridized carbons (Fsp3) is 0.455. The summed E-state index contributed by atoms with van der Waals surface area (Å²) in [6.45, 7) is 3.18. The predicted octanol–water partition coefficient (Wildman–Crippen LogP) is 0.922. The van der Waals surface area contributed by atoms with Crippen molar-refractivity contribution in [2.75, 3.05) is 7.11 Å². The van der Waals surface area contributed by atoms with E-state index in [4.69, 9.17) is 5.11 Å². The Morgan fingerprint density at radius 3 is 2.45 bits per heavy atom. The van der Waals surface area contributed by atoms with Gasteiger partial charge < -0.3 is 9.84 Å². The fourth-order valence-corrected chi connectivity index (χ4v) is 3.90. The van der Waals surface area contributed by atoms with E-state index in [-0.39, 0.29) is 9.77 Å². The van der Waals surface area contributed by atoms with Crippen molar-refractivity contribution in [3.63, 3.8) is 0 Å². The molecule has 1 rings (SSSR count). The number of sulfonamides is 1. The van der Waals surface area contributed by atoms with Gasteiger partial charge in [0.1, 0.15) is 10.9 Å². The maximum Gasteiger partial charge on any atom is 0.348 e. The van der Waals surface area contributed by atoms with E-state index < -0.39 is 33.9 Å². The zero-order valence-electron chi connectivity index (χ0n) is 11.1. The Morgan fingerprint density at radius 2 is 2.00 bits per heavy atom. The number of nitrogens with one attached hydrogen (secondary N) is 1. The van der Waals surface area contributed by atoms with Gasteiger partial charge in [0.15, 0.2) is 0 Å². The van der Waals surface area contributed by atoms with E-state index in [0.29, 0.717) is 0 Å². The summed E-state index contributed by atoms with van der Waals surface area (Å²) in [6.07, 6.45) is 0. The van der Waals surface area contributed by atoms with Gasteiger partial charge in [-0.1, -0.05) is 13.8 Å². The lowest BCUT2D eigenvalue weighted by atomic mass is 10.1. The van der Waals surface area contributed by atoms with Crippen LogP contribution >= 0.6 is 11.3 Å². The van der Waals surface area contributed by atoms with E-state index in [1.807, 2.05) is 0 Å². The molecule has 1 aromatic rings. The fourth-order valence-electron chi connectivity index (χ4n) is 1.37. The first-order valence-corrected chi connectivity index (χ1v) is 7.97. The number of carboxylic acid groups (broad SMARTS) is 1. The van der Waals surface area contributed by atoms with Gasteiger partial charge in [-0.05, 0) is 12.0 Å². The molecule has 0 bridgehead atoms. The van der Waals surface area contributed by atoms with Gasteiger partial charge in [0.05, 0.1) is 12.0 Å². The summed E-state index contributed by atoms with van der Waals surface area (Å²) in [7, 11) is -2.81. The molecule has 0 aliphatic carbocycles. The van der Waals surface area contributed by atoms with E-state index in [9.17, 15) is 18.0 Å². The molecule has 7 nitrogen and oxygen atoms in total. The van der Waals surface area contributed by atoms with Gasteiger partial charge in [0.25, 0.3) is 0 Å². The summed E-state index contributed by atoms with van der Waals surface area (Å²) in [5, 5.41) is 10.2. The molecule has 0 unspecified atom stereocenters. The van der Waals surface area contributed by atoms with Crippen molar-refractivity contribution in [1.82, 2.24) is 4.72 Å². The average Bonchev–Trinajstić information content (AvgIpc) is 2.84. The van der Waals surface area contributed by atoms with Crippen LogP contribution in [0.4, 0.5) is 0 Å². The molecule has 0 saturated heterocycles. The number of carbonyl (C=O) groups is 2. The standard InChI is InChI=1S/C11H15NO6S2/c1-6(2)9(10(13)14)12-20(16,17)7-4-8(19-5-7)11(15)18-3/h4-6,9,12H,1-3H3,(H,13,14)/t9-/m1/s1. The van der Waals surface area contributed by atoms with Gasteiger partial charge in [-0.2, -0.15) is 4.72 Å². The number of hydrogen-bond donors (Lipinski definition) is 2. The molecule has 0 amide bonds. The normalized spacial score (nSPS) is 13.2. The van der Waals surface area contributed by atoms with Crippen molar-refractivity contribution in [1.29, 1.82) is 0 Å². The molecule has 0 fully saturated rings. The molecule has 1 heterocycles. The molecule has 0 aliphatic rings. The summed E-state index contributed by atoms with van der Waals surface area (Å²) in [5.74, 6) is -2.32. The highest BCUT2D eigenvalue weighted by molar-refractivity contribution is 7.89. The Labute approximate surface area is 120 Å². The molecule has 1 atom stereocenters. The van der Waals surface area contributed by atoms with Crippen LogP contribution in [0.5, 0.6) is 0 Å². The monoisotopic (exact) mass is 321 g/mol. The number of rotatable bonds is 6. The van der Waals surface area contributed by atoms with E-state index in [1.54, 1.807) is 13.8 Å². The first kappa shape index (κ1) is 16.6. The van der Waals surface area contributed by atoms with Crippen molar-refractivity contribution < 1.29 is 27.9 Å². The topological polar surface area (TPSA) is 110 Å². The number of aliphatic carboxylic acids is 1. The number of thiophene rings is 1. The Kier molecular flexibility index (Phi) is 5.26. The number of carboxylic acids is 1. The van der Waals surface area contributed by atoms with Crippen LogP contribution in [0.1, 0.15) is 23.5 Å². The lowest BCUT2D eigenvalue weighted by molar-refractivity contribution is -0.140. The van der Waals surface area contributed by atoms with Crippen molar-refractivity contribution in [3.8, 4) is 0 Å². The summed E-state index contributed by atoms with van der Waals surface area (Å²) >= 11 is 0.912. The zero-order valence-corrected chi connectivity index (χ0v) is 12.7. The van der Waals surface area contributed by atoms with Crippen LogP contribution in [0.25, 0.3) is 0 Å². The maximum absolute atomic E-state index is 12.1. The van der Waals surface area contributed by atoms with E-state index in [1.165, 1.54) is 12.5 Å². The van der Waals surface area contributed by atoms with Gasteiger partial charge in [-0.15, -0.1) is 11.3 Å². The third-order valence-electron chi connectivity index (χ3n) is 2.49. The molecule has 1 aromatic heterocycles. The van der Waals surface area contributed by atoms with Crippen molar-refractivity contribution in [2.24, 2.45) is 5.92 Å². The molecule has 2 N–H and O–H groups in total. The maximum atomic E-state index is 12.1.